The molecule has 0 aliphatic carbocycles. The lowest BCUT2D eigenvalue weighted by Gasteiger charge is -2.29. The summed E-state index contributed by atoms with van der Waals surface area (Å²) in [7, 11) is 0. The van der Waals surface area contributed by atoms with Crippen LogP contribution in [0.15, 0.2) is 0 Å². The highest BCUT2D eigenvalue weighted by molar-refractivity contribution is 5.78. The molecular formula is C12H23NO. The fraction of sp³-hybridized carbons (Fsp3) is 0.917. The van der Waals surface area contributed by atoms with E-state index < -0.39 is 0 Å². The molecule has 0 spiro atoms. The Labute approximate surface area is 87.7 Å². The average molecular weight is 197 g/mol. The fourth-order valence-corrected chi connectivity index (χ4v) is 2.01. The molecule has 1 rings (SSSR count). The number of carbonyl (C=O) groups excluding carboxylic acids is 1. The predicted octanol–water partition coefficient (Wildman–Crippen LogP) is 2.54. The van der Waals surface area contributed by atoms with Crippen molar-refractivity contribution in [1.82, 2.24) is 4.90 Å². The maximum Gasteiger partial charge on any atom is 0.225 e. The molecule has 0 unspecified atom stereocenters. The number of likely N-dealkylation sites (tertiary alicyclic amines) is 1. The lowest BCUT2D eigenvalue weighted by molar-refractivity contribution is -0.133. The van der Waals surface area contributed by atoms with Gasteiger partial charge in [-0.25, -0.2) is 0 Å². The Balaban J connectivity index is 2.61. The second-order valence-electron chi connectivity index (χ2n) is 5.47. The lowest BCUT2D eigenvalue weighted by Crippen LogP contribution is -2.35. The Morgan fingerprint density at radius 3 is 2.21 bits per heavy atom. The summed E-state index contributed by atoms with van der Waals surface area (Å²) in [6, 6.07) is 0. The molecule has 1 saturated heterocycles. The van der Waals surface area contributed by atoms with Crippen molar-refractivity contribution in [2.24, 2.45) is 17.3 Å². The standard InChI is InChI=1S/C12H23NO/c1-9(2)11(14)13-7-6-12(5,8-13)10(3)4/h9-10H,6-8H2,1-5H3/t12-/m1/s1. The smallest absolute Gasteiger partial charge is 0.225 e. The van der Waals surface area contributed by atoms with Gasteiger partial charge in [0.1, 0.15) is 0 Å². The van der Waals surface area contributed by atoms with Crippen molar-refractivity contribution >= 4 is 5.91 Å². The summed E-state index contributed by atoms with van der Waals surface area (Å²) >= 11 is 0. The van der Waals surface area contributed by atoms with Crippen molar-refractivity contribution in [2.45, 2.75) is 41.0 Å². The van der Waals surface area contributed by atoms with Gasteiger partial charge in [-0.05, 0) is 17.8 Å². The number of rotatable bonds is 2. The van der Waals surface area contributed by atoms with E-state index in [-0.39, 0.29) is 5.92 Å². The van der Waals surface area contributed by atoms with Gasteiger partial charge in [0.2, 0.25) is 5.91 Å². The van der Waals surface area contributed by atoms with E-state index in [1.54, 1.807) is 0 Å². The minimum atomic E-state index is 0.143. The van der Waals surface area contributed by atoms with E-state index >= 15 is 0 Å². The minimum absolute atomic E-state index is 0.143. The SMILES string of the molecule is CC(C)C(=O)N1CC[C@@](C)(C(C)C)C1. The van der Waals surface area contributed by atoms with Crippen LogP contribution in [0.2, 0.25) is 0 Å². The van der Waals surface area contributed by atoms with Crippen LogP contribution in [0.4, 0.5) is 0 Å². The van der Waals surface area contributed by atoms with E-state index in [1.165, 1.54) is 0 Å². The molecule has 1 amide bonds. The van der Waals surface area contributed by atoms with Crippen LogP contribution in [0.3, 0.4) is 0 Å². The van der Waals surface area contributed by atoms with Crippen LogP contribution in [0.5, 0.6) is 0 Å². The lowest BCUT2D eigenvalue weighted by atomic mass is 9.78. The molecule has 0 N–H and O–H groups in total. The highest BCUT2D eigenvalue weighted by Gasteiger charge is 2.38. The molecule has 82 valence electrons. The van der Waals surface area contributed by atoms with E-state index in [4.69, 9.17) is 0 Å². The van der Waals surface area contributed by atoms with Gasteiger partial charge >= 0.3 is 0 Å². The summed E-state index contributed by atoms with van der Waals surface area (Å²) in [6.07, 6.45) is 1.16. The predicted molar refractivity (Wildman–Crippen MR) is 59.0 cm³/mol. The Hall–Kier alpha value is -0.530. The van der Waals surface area contributed by atoms with Gasteiger partial charge in [0, 0.05) is 19.0 Å². The van der Waals surface area contributed by atoms with Crippen LogP contribution >= 0.6 is 0 Å². The van der Waals surface area contributed by atoms with Crippen LogP contribution in [0.25, 0.3) is 0 Å². The van der Waals surface area contributed by atoms with Crippen LogP contribution in [0, 0.1) is 17.3 Å². The van der Waals surface area contributed by atoms with Crippen molar-refractivity contribution in [3.05, 3.63) is 0 Å². The van der Waals surface area contributed by atoms with Crippen molar-refractivity contribution in [3.8, 4) is 0 Å². The summed E-state index contributed by atoms with van der Waals surface area (Å²) in [6.45, 7) is 12.7. The van der Waals surface area contributed by atoms with Crippen molar-refractivity contribution in [3.63, 3.8) is 0 Å². The molecule has 0 aromatic heterocycles. The Kier molecular flexibility index (Phi) is 3.23. The molecule has 1 fully saturated rings. The first-order valence-corrected chi connectivity index (χ1v) is 5.65. The van der Waals surface area contributed by atoms with Gasteiger partial charge in [0.05, 0.1) is 0 Å². The van der Waals surface area contributed by atoms with Crippen molar-refractivity contribution in [2.75, 3.05) is 13.1 Å². The molecule has 1 atom stereocenters. The average Bonchev–Trinajstić information content (AvgIpc) is 2.48. The quantitative estimate of drug-likeness (QED) is 0.666. The van der Waals surface area contributed by atoms with E-state index in [9.17, 15) is 4.79 Å². The molecule has 14 heavy (non-hydrogen) atoms. The summed E-state index contributed by atoms with van der Waals surface area (Å²) in [5, 5.41) is 0. The third kappa shape index (κ3) is 2.10. The summed E-state index contributed by atoms with van der Waals surface area (Å²) in [5.74, 6) is 1.12. The maximum absolute atomic E-state index is 11.8. The van der Waals surface area contributed by atoms with E-state index in [0.29, 0.717) is 17.2 Å². The van der Waals surface area contributed by atoms with Gasteiger partial charge in [-0.15, -0.1) is 0 Å². The molecule has 1 heterocycles. The minimum Gasteiger partial charge on any atom is -0.342 e. The molecule has 2 nitrogen and oxygen atoms in total. The Morgan fingerprint density at radius 2 is 1.86 bits per heavy atom. The molecule has 0 radical (unpaired) electrons. The molecular weight excluding hydrogens is 174 g/mol. The number of hydrogen-bond acceptors (Lipinski definition) is 1. The highest BCUT2D eigenvalue weighted by atomic mass is 16.2. The molecule has 2 heteroatoms. The summed E-state index contributed by atoms with van der Waals surface area (Å²) in [4.78, 5) is 13.8. The molecule has 1 aliphatic rings. The zero-order valence-electron chi connectivity index (χ0n) is 10.1. The first-order valence-electron chi connectivity index (χ1n) is 5.65. The number of hydrogen-bond donors (Lipinski definition) is 0. The fourth-order valence-electron chi connectivity index (χ4n) is 2.01. The third-order valence-electron chi connectivity index (χ3n) is 3.70. The van der Waals surface area contributed by atoms with Crippen molar-refractivity contribution < 1.29 is 4.79 Å². The monoisotopic (exact) mass is 197 g/mol. The second kappa shape index (κ2) is 3.92. The van der Waals surface area contributed by atoms with E-state index in [0.717, 1.165) is 19.5 Å². The third-order valence-corrected chi connectivity index (χ3v) is 3.70. The first-order chi connectivity index (χ1) is 6.37. The number of nitrogens with zero attached hydrogens (tertiary/aromatic N) is 1. The van der Waals surface area contributed by atoms with Crippen LogP contribution in [-0.4, -0.2) is 23.9 Å². The van der Waals surface area contributed by atoms with Crippen LogP contribution in [0.1, 0.15) is 41.0 Å². The first kappa shape index (κ1) is 11.5. The van der Waals surface area contributed by atoms with Gasteiger partial charge < -0.3 is 4.90 Å². The van der Waals surface area contributed by atoms with Gasteiger partial charge in [-0.1, -0.05) is 34.6 Å². The largest absolute Gasteiger partial charge is 0.342 e. The molecule has 0 aromatic rings. The van der Waals surface area contributed by atoms with Crippen LogP contribution in [-0.2, 0) is 4.79 Å². The van der Waals surface area contributed by atoms with Gasteiger partial charge in [-0.2, -0.15) is 0 Å². The normalized spacial score (nSPS) is 27.8. The van der Waals surface area contributed by atoms with Crippen LogP contribution < -0.4 is 0 Å². The second-order valence-corrected chi connectivity index (χ2v) is 5.47. The summed E-state index contributed by atoms with van der Waals surface area (Å²) in [5.41, 5.74) is 0.338. The maximum atomic E-state index is 11.8. The van der Waals surface area contributed by atoms with E-state index in [1.807, 2.05) is 18.7 Å². The zero-order valence-corrected chi connectivity index (χ0v) is 10.1. The molecule has 0 saturated carbocycles. The Bertz CT molecular complexity index is 222. The summed E-state index contributed by atoms with van der Waals surface area (Å²) < 4.78 is 0. The van der Waals surface area contributed by atoms with Gasteiger partial charge in [0.15, 0.2) is 0 Å². The molecule has 1 aliphatic heterocycles. The van der Waals surface area contributed by atoms with E-state index in [2.05, 4.69) is 20.8 Å². The van der Waals surface area contributed by atoms with Gasteiger partial charge in [-0.3, -0.25) is 4.79 Å². The topological polar surface area (TPSA) is 20.3 Å². The number of amides is 1. The Morgan fingerprint density at radius 1 is 1.29 bits per heavy atom. The molecule has 0 aromatic carbocycles. The number of carbonyl (C=O) groups is 1. The highest BCUT2D eigenvalue weighted by Crippen LogP contribution is 2.37. The molecule has 0 bridgehead atoms. The van der Waals surface area contributed by atoms with Crippen molar-refractivity contribution in [1.29, 1.82) is 0 Å². The van der Waals surface area contributed by atoms with Gasteiger partial charge in [0.25, 0.3) is 0 Å². The zero-order chi connectivity index (χ0) is 10.9.